The average molecular weight is 385 g/mol. The molecule has 0 bridgehead atoms. The number of carbonyl (C=O) groups excluding carboxylic acids is 2. The molecule has 0 heterocycles. The summed E-state index contributed by atoms with van der Waals surface area (Å²) in [5.41, 5.74) is 3.87. The Labute approximate surface area is 163 Å². The molecule has 3 N–H and O–H groups in total. The number of methoxy groups -OCH3 is 2. The SMILES string of the molecule is COc1ccc(CCNC(=O)CC(=O)N/N=C\c2cccc(O)c2)cc1OC. The van der Waals surface area contributed by atoms with Crippen LogP contribution in [-0.2, 0) is 16.0 Å². The van der Waals surface area contributed by atoms with Gasteiger partial charge in [-0.2, -0.15) is 5.10 Å². The summed E-state index contributed by atoms with van der Waals surface area (Å²) in [6.45, 7) is 0.383. The maximum absolute atomic E-state index is 11.8. The first kappa shape index (κ1) is 20.8. The number of carbonyl (C=O) groups is 2. The number of hydrogen-bond acceptors (Lipinski definition) is 6. The smallest absolute Gasteiger partial charge is 0.249 e. The second-order valence-corrected chi connectivity index (χ2v) is 5.85. The minimum Gasteiger partial charge on any atom is -0.508 e. The van der Waals surface area contributed by atoms with Crippen molar-refractivity contribution in [2.45, 2.75) is 12.8 Å². The Morgan fingerprint density at radius 3 is 2.57 bits per heavy atom. The van der Waals surface area contributed by atoms with E-state index in [9.17, 15) is 14.7 Å². The molecule has 0 aromatic heterocycles. The molecule has 8 heteroatoms. The Balaban J connectivity index is 1.72. The number of phenols is 1. The molecule has 0 radical (unpaired) electrons. The molecule has 0 spiro atoms. The van der Waals surface area contributed by atoms with Crippen LogP contribution in [0.4, 0.5) is 0 Å². The number of amides is 2. The highest BCUT2D eigenvalue weighted by molar-refractivity contribution is 5.97. The van der Waals surface area contributed by atoms with Crippen LogP contribution in [0.5, 0.6) is 17.2 Å². The molecule has 0 fully saturated rings. The first-order chi connectivity index (χ1) is 13.5. The van der Waals surface area contributed by atoms with Crippen LogP contribution < -0.4 is 20.2 Å². The van der Waals surface area contributed by atoms with Crippen molar-refractivity contribution in [1.82, 2.24) is 10.7 Å². The van der Waals surface area contributed by atoms with Crippen molar-refractivity contribution >= 4 is 18.0 Å². The number of aromatic hydroxyl groups is 1. The molecule has 0 aliphatic rings. The van der Waals surface area contributed by atoms with Crippen LogP contribution in [-0.4, -0.2) is 43.9 Å². The molecule has 0 saturated carbocycles. The van der Waals surface area contributed by atoms with E-state index in [1.807, 2.05) is 12.1 Å². The fourth-order valence-corrected chi connectivity index (χ4v) is 2.41. The van der Waals surface area contributed by atoms with E-state index in [0.717, 1.165) is 5.56 Å². The zero-order chi connectivity index (χ0) is 20.4. The zero-order valence-electron chi connectivity index (χ0n) is 15.8. The van der Waals surface area contributed by atoms with Gasteiger partial charge in [0.2, 0.25) is 11.8 Å². The fraction of sp³-hybridized carbons (Fsp3) is 0.250. The summed E-state index contributed by atoms with van der Waals surface area (Å²) >= 11 is 0. The van der Waals surface area contributed by atoms with Gasteiger partial charge in [-0.25, -0.2) is 5.43 Å². The molecule has 0 aliphatic carbocycles. The summed E-state index contributed by atoms with van der Waals surface area (Å²) in [6, 6.07) is 11.9. The first-order valence-electron chi connectivity index (χ1n) is 8.60. The van der Waals surface area contributed by atoms with Crippen LogP contribution in [0.3, 0.4) is 0 Å². The van der Waals surface area contributed by atoms with Crippen molar-refractivity contribution in [3.63, 3.8) is 0 Å². The minimum absolute atomic E-state index is 0.101. The number of phenolic OH excluding ortho intramolecular Hbond substituents is 1. The monoisotopic (exact) mass is 385 g/mol. The zero-order valence-corrected chi connectivity index (χ0v) is 15.8. The highest BCUT2D eigenvalue weighted by atomic mass is 16.5. The average Bonchev–Trinajstić information content (AvgIpc) is 2.67. The molecule has 2 rings (SSSR count). The molecule has 0 aliphatic heterocycles. The highest BCUT2D eigenvalue weighted by Crippen LogP contribution is 2.27. The maximum Gasteiger partial charge on any atom is 0.249 e. The van der Waals surface area contributed by atoms with Crippen molar-refractivity contribution in [3.8, 4) is 17.2 Å². The number of hydrogen-bond donors (Lipinski definition) is 3. The molecule has 2 aromatic rings. The van der Waals surface area contributed by atoms with Gasteiger partial charge in [-0.1, -0.05) is 18.2 Å². The van der Waals surface area contributed by atoms with Crippen molar-refractivity contribution in [1.29, 1.82) is 0 Å². The molecular formula is C20H23N3O5. The third-order valence-electron chi connectivity index (χ3n) is 3.78. The van der Waals surface area contributed by atoms with Gasteiger partial charge in [-0.15, -0.1) is 0 Å². The van der Waals surface area contributed by atoms with Gasteiger partial charge in [0.15, 0.2) is 11.5 Å². The summed E-state index contributed by atoms with van der Waals surface area (Å²) in [6.07, 6.45) is 1.64. The van der Waals surface area contributed by atoms with Crippen molar-refractivity contribution in [2.75, 3.05) is 20.8 Å². The second-order valence-electron chi connectivity index (χ2n) is 5.85. The Morgan fingerprint density at radius 2 is 1.86 bits per heavy atom. The number of rotatable bonds is 9. The lowest BCUT2D eigenvalue weighted by atomic mass is 10.1. The summed E-state index contributed by atoms with van der Waals surface area (Å²) < 4.78 is 10.4. The highest BCUT2D eigenvalue weighted by Gasteiger charge is 2.09. The van der Waals surface area contributed by atoms with Gasteiger partial charge in [-0.3, -0.25) is 9.59 Å². The first-order valence-corrected chi connectivity index (χ1v) is 8.60. The van der Waals surface area contributed by atoms with E-state index in [0.29, 0.717) is 30.0 Å². The quantitative estimate of drug-likeness (QED) is 0.345. The Bertz CT molecular complexity index is 851. The van der Waals surface area contributed by atoms with E-state index in [1.54, 1.807) is 32.4 Å². The van der Waals surface area contributed by atoms with E-state index in [1.165, 1.54) is 18.3 Å². The number of nitrogens with one attached hydrogen (secondary N) is 2. The van der Waals surface area contributed by atoms with E-state index in [-0.39, 0.29) is 12.2 Å². The molecule has 2 aromatic carbocycles. The number of hydrazone groups is 1. The van der Waals surface area contributed by atoms with Gasteiger partial charge in [0.1, 0.15) is 12.2 Å². The molecular weight excluding hydrogens is 362 g/mol. The largest absolute Gasteiger partial charge is 0.508 e. The molecule has 148 valence electrons. The predicted octanol–water partition coefficient (Wildman–Crippen LogP) is 1.61. The van der Waals surface area contributed by atoms with Gasteiger partial charge >= 0.3 is 0 Å². The van der Waals surface area contributed by atoms with Crippen LogP contribution in [0, 0.1) is 0 Å². The van der Waals surface area contributed by atoms with Crippen molar-refractivity contribution < 1.29 is 24.2 Å². The number of benzene rings is 2. The Hall–Kier alpha value is -3.55. The van der Waals surface area contributed by atoms with E-state index in [4.69, 9.17) is 9.47 Å². The van der Waals surface area contributed by atoms with E-state index >= 15 is 0 Å². The molecule has 0 unspecified atom stereocenters. The van der Waals surface area contributed by atoms with E-state index < -0.39 is 11.8 Å². The Morgan fingerprint density at radius 1 is 1.07 bits per heavy atom. The maximum atomic E-state index is 11.8. The van der Waals surface area contributed by atoms with Gasteiger partial charge in [0.05, 0.1) is 20.4 Å². The third-order valence-corrected chi connectivity index (χ3v) is 3.78. The Kier molecular flexibility index (Phi) is 7.83. The molecule has 0 atom stereocenters. The van der Waals surface area contributed by atoms with Gasteiger partial charge in [0.25, 0.3) is 0 Å². The van der Waals surface area contributed by atoms with Gasteiger partial charge in [-0.05, 0) is 41.8 Å². The molecule has 8 nitrogen and oxygen atoms in total. The number of ether oxygens (including phenoxy) is 2. The second kappa shape index (κ2) is 10.6. The molecule has 2 amide bonds. The standard InChI is InChI=1S/C20H23N3O5/c1-27-17-7-6-14(11-18(17)28-2)8-9-21-19(25)12-20(26)23-22-13-15-4-3-5-16(24)10-15/h3-7,10-11,13,24H,8-9,12H2,1-2H3,(H,21,25)(H,23,26)/b22-13-. The fourth-order valence-electron chi connectivity index (χ4n) is 2.41. The van der Waals surface area contributed by atoms with Crippen molar-refractivity contribution in [3.05, 3.63) is 53.6 Å². The lowest BCUT2D eigenvalue weighted by molar-refractivity contribution is -0.129. The van der Waals surface area contributed by atoms with Gasteiger partial charge < -0.3 is 19.9 Å². The van der Waals surface area contributed by atoms with E-state index in [2.05, 4.69) is 15.8 Å². The lowest BCUT2D eigenvalue weighted by Gasteiger charge is -2.10. The van der Waals surface area contributed by atoms with Crippen molar-refractivity contribution in [2.24, 2.45) is 5.10 Å². The minimum atomic E-state index is -0.528. The predicted molar refractivity (Wildman–Crippen MR) is 105 cm³/mol. The van der Waals surface area contributed by atoms with Crippen LogP contribution in [0.2, 0.25) is 0 Å². The normalized spacial score (nSPS) is 10.5. The third kappa shape index (κ3) is 6.64. The molecule has 0 saturated heterocycles. The lowest BCUT2D eigenvalue weighted by Crippen LogP contribution is -2.31. The summed E-state index contributed by atoms with van der Waals surface area (Å²) in [4.78, 5) is 23.6. The summed E-state index contributed by atoms with van der Waals surface area (Å²) in [5.74, 6) is 0.434. The van der Waals surface area contributed by atoms with Crippen LogP contribution in [0.1, 0.15) is 17.5 Å². The van der Waals surface area contributed by atoms with Gasteiger partial charge in [0, 0.05) is 6.54 Å². The summed E-state index contributed by atoms with van der Waals surface area (Å²) in [5, 5.41) is 15.8. The van der Waals surface area contributed by atoms with Crippen LogP contribution in [0.15, 0.2) is 47.6 Å². The topological polar surface area (TPSA) is 109 Å². The van der Waals surface area contributed by atoms with Crippen LogP contribution >= 0.6 is 0 Å². The molecule has 28 heavy (non-hydrogen) atoms. The van der Waals surface area contributed by atoms with Crippen LogP contribution in [0.25, 0.3) is 0 Å². The number of nitrogens with zero attached hydrogens (tertiary/aromatic N) is 1. The summed E-state index contributed by atoms with van der Waals surface area (Å²) in [7, 11) is 3.13.